The van der Waals surface area contributed by atoms with E-state index >= 15 is 0 Å². The van der Waals surface area contributed by atoms with E-state index in [1.807, 2.05) is 36.4 Å². The molecule has 33 heavy (non-hydrogen) atoms. The summed E-state index contributed by atoms with van der Waals surface area (Å²) in [5.41, 5.74) is 2.98. The Bertz CT molecular complexity index is 1340. The van der Waals surface area contributed by atoms with Crippen LogP contribution in [-0.2, 0) is 14.8 Å². The van der Waals surface area contributed by atoms with Crippen LogP contribution < -0.4 is 9.46 Å². The minimum Gasteiger partial charge on any atom is -0.480 e. The van der Waals surface area contributed by atoms with Crippen LogP contribution in [-0.4, -0.2) is 30.5 Å². The molecule has 0 unspecified atom stereocenters. The molecule has 1 heterocycles. The first-order valence-corrected chi connectivity index (χ1v) is 11.7. The van der Waals surface area contributed by atoms with E-state index in [0.717, 1.165) is 11.1 Å². The van der Waals surface area contributed by atoms with E-state index in [1.165, 1.54) is 12.1 Å². The van der Waals surface area contributed by atoms with Gasteiger partial charge in [-0.15, -0.1) is 0 Å². The third kappa shape index (κ3) is 5.05. The zero-order valence-corrected chi connectivity index (χ0v) is 18.7. The minimum atomic E-state index is -3.97. The monoisotopic (exact) mass is 466 g/mol. The highest BCUT2D eigenvalue weighted by atomic mass is 32.2. The number of ether oxygens (including phenoxy) is 1. The molecule has 0 aliphatic carbocycles. The second kappa shape index (κ2) is 9.05. The molecule has 0 bridgehead atoms. The molecule has 1 atom stereocenters. The van der Waals surface area contributed by atoms with Gasteiger partial charge in [0.2, 0.25) is 10.0 Å². The molecule has 0 aliphatic rings. The number of carboxylic acid groups (broad SMARTS) is 1. The van der Waals surface area contributed by atoms with Crippen LogP contribution in [0.15, 0.2) is 82.1 Å². The van der Waals surface area contributed by atoms with Gasteiger partial charge in [0.1, 0.15) is 17.3 Å². The first-order valence-electron chi connectivity index (χ1n) is 10.2. The van der Waals surface area contributed by atoms with Crippen molar-refractivity contribution in [3.05, 3.63) is 72.8 Å². The summed E-state index contributed by atoms with van der Waals surface area (Å²) in [6.07, 6.45) is 0.145. The zero-order chi connectivity index (χ0) is 23.6. The van der Waals surface area contributed by atoms with Crippen LogP contribution in [0.25, 0.3) is 22.2 Å². The number of aromatic nitrogens is 1. The van der Waals surface area contributed by atoms with Crippen LogP contribution in [0.1, 0.15) is 13.8 Å². The molecular weight excluding hydrogens is 444 g/mol. The molecule has 2 N–H and O–H groups in total. The van der Waals surface area contributed by atoms with Crippen molar-refractivity contribution in [1.29, 1.82) is 0 Å². The normalized spacial score (nSPS) is 12.7. The molecule has 8 nitrogen and oxygen atoms in total. The number of sulfonamides is 1. The Hall–Kier alpha value is -3.69. The van der Waals surface area contributed by atoms with Gasteiger partial charge >= 0.3 is 12.0 Å². The van der Waals surface area contributed by atoms with E-state index < -0.39 is 28.0 Å². The number of rotatable bonds is 8. The van der Waals surface area contributed by atoms with Gasteiger partial charge in [0.05, 0.1) is 4.90 Å². The molecule has 170 valence electrons. The molecule has 1 aromatic heterocycles. The zero-order valence-electron chi connectivity index (χ0n) is 17.9. The molecule has 0 aliphatic heterocycles. The van der Waals surface area contributed by atoms with Crippen LogP contribution in [0.2, 0.25) is 0 Å². The Morgan fingerprint density at radius 1 is 0.970 bits per heavy atom. The van der Waals surface area contributed by atoms with Gasteiger partial charge in [0.25, 0.3) is 0 Å². The van der Waals surface area contributed by atoms with Crippen molar-refractivity contribution >= 4 is 27.1 Å². The molecule has 4 aromatic rings. The Balaban J connectivity index is 1.48. The van der Waals surface area contributed by atoms with Gasteiger partial charge in [-0.1, -0.05) is 50.2 Å². The number of nitrogens with one attached hydrogen (secondary N) is 1. The lowest BCUT2D eigenvalue weighted by atomic mass is 10.1. The van der Waals surface area contributed by atoms with E-state index in [9.17, 15) is 18.3 Å². The number of oxazole rings is 1. The van der Waals surface area contributed by atoms with Crippen molar-refractivity contribution in [2.75, 3.05) is 0 Å². The molecule has 0 fully saturated rings. The summed E-state index contributed by atoms with van der Waals surface area (Å²) in [6, 6.07) is 19.6. The summed E-state index contributed by atoms with van der Waals surface area (Å²) in [7, 11) is -3.97. The summed E-state index contributed by atoms with van der Waals surface area (Å²) in [6.45, 7) is 3.28. The molecule has 4 rings (SSSR count). The smallest absolute Gasteiger partial charge is 0.400 e. The lowest BCUT2D eigenvalue weighted by molar-refractivity contribution is -0.140. The largest absolute Gasteiger partial charge is 0.480 e. The van der Waals surface area contributed by atoms with Gasteiger partial charge in [-0.05, 0) is 53.4 Å². The number of carbonyl (C=O) groups is 1. The van der Waals surface area contributed by atoms with Gasteiger partial charge in [0, 0.05) is 0 Å². The molecular formula is C24H22N2O6S. The van der Waals surface area contributed by atoms with Gasteiger partial charge in [0.15, 0.2) is 5.58 Å². The van der Waals surface area contributed by atoms with Gasteiger partial charge < -0.3 is 14.3 Å². The maximum Gasteiger partial charge on any atom is 0.400 e. The van der Waals surface area contributed by atoms with Gasteiger partial charge in [-0.25, -0.2) is 8.42 Å². The summed E-state index contributed by atoms with van der Waals surface area (Å²) < 4.78 is 38.6. The number of hydrogen-bond donors (Lipinski definition) is 2. The van der Waals surface area contributed by atoms with Crippen molar-refractivity contribution in [2.45, 2.75) is 24.8 Å². The molecule has 0 spiro atoms. The van der Waals surface area contributed by atoms with E-state index in [4.69, 9.17) is 9.15 Å². The maximum absolute atomic E-state index is 12.6. The minimum absolute atomic E-state index is 0.00550. The average Bonchev–Trinajstić information content (AvgIpc) is 3.20. The molecule has 0 radical (unpaired) electrons. The highest BCUT2D eigenvalue weighted by molar-refractivity contribution is 7.89. The van der Waals surface area contributed by atoms with Crippen LogP contribution >= 0.6 is 0 Å². The van der Waals surface area contributed by atoms with Crippen molar-refractivity contribution in [3.63, 3.8) is 0 Å². The number of aliphatic carboxylic acids is 1. The maximum atomic E-state index is 12.6. The second-order valence-electron chi connectivity index (χ2n) is 7.78. The predicted octanol–water partition coefficient (Wildman–Crippen LogP) is 4.67. The standard InChI is InChI=1S/C24H22N2O6S/c1-15(2)22(23(27)28)26-33(29,30)19-13-9-17(10-14-19)16-7-11-18(12-8-16)31-24-25-20-5-3-4-6-21(20)32-24/h3-15,22,26H,1-2H3,(H,27,28)/t22-/m0/s1. The van der Waals surface area contributed by atoms with Crippen LogP contribution in [0.5, 0.6) is 11.8 Å². The number of nitrogens with zero attached hydrogens (tertiary/aromatic N) is 1. The number of hydrogen-bond acceptors (Lipinski definition) is 6. The fourth-order valence-electron chi connectivity index (χ4n) is 3.24. The van der Waals surface area contributed by atoms with Crippen LogP contribution in [0.4, 0.5) is 0 Å². The third-order valence-electron chi connectivity index (χ3n) is 5.05. The van der Waals surface area contributed by atoms with E-state index in [0.29, 0.717) is 16.8 Å². The Kier molecular flexibility index (Phi) is 6.17. The number of fused-ring (bicyclic) bond motifs is 1. The van der Waals surface area contributed by atoms with Crippen LogP contribution in [0.3, 0.4) is 0 Å². The van der Waals surface area contributed by atoms with Crippen molar-refractivity contribution in [1.82, 2.24) is 9.71 Å². The van der Waals surface area contributed by atoms with Crippen molar-refractivity contribution in [3.8, 4) is 23.0 Å². The Morgan fingerprint density at radius 2 is 1.58 bits per heavy atom. The Labute approximate surface area is 190 Å². The lowest BCUT2D eigenvalue weighted by Crippen LogP contribution is -2.44. The second-order valence-corrected chi connectivity index (χ2v) is 9.49. The number of para-hydroxylation sites is 2. The van der Waals surface area contributed by atoms with E-state index in [-0.39, 0.29) is 11.0 Å². The van der Waals surface area contributed by atoms with E-state index in [2.05, 4.69) is 9.71 Å². The fraction of sp³-hybridized carbons (Fsp3) is 0.167. The average molecular weight is 467 g/mol. The van der Waals surface area contributed by atoms with Gasteiger partial charge in [-0.2, -0.15) is 9.71 Å². The van der Waals surface area contributed by atoms with E-state index in [1.54, 1.807) is 38.1 Å². The Morgan fingerprint density at radius 3 is 2.15 bits per heavy atom. The summed E-state index contributed by atoms with van der Waals surface area (Å²) in [5, 5.41) is 9.25. The summed E-state index contributed by atoms with van der Waals surface area (Å²) in [5.74, 6) is -1.07. The fourth-order valence-corrected chi connectivity index (χ4v) is 4.58. The quantitative estimate of drug-likeness (QED) is 0.387. The topological polar surface area (TPSA) is 119 Å². The molecule has 9 heteroatoms. The van der Waals surface area contributed by atoms with Crippen LogP contribution in [0, 0.1) is 5.92 Å². The molecule has 0 amide bonds. The lowest BCUT2D eigenvalue weighted by Gasteiger charge is -2.18. The number of benzene rings is 3. The SMILES string of the molecule is CC(C)[C@H](NS(=O)(=O)c1ccc(-c2ccc(Oc3nc4ccccc4o3)cc2)cc1)C(=O)O. The van der Waals surface area contributed by atoms with Gasteiger partial charge in [-0.3, -0.25) is 4.79 Å². The van der Waals surface area contributed by atoms with Crippen molar-refractivity contribution < 1.29 is 27.5 Å². The molecule has 0 saturated heterocycles. The molecule has 0 saturated carbocycles. The summed E-state index contributed by atoms with van der Waals surface area (Å²) >= 11 is 0. The molecule has 3 aromatic carbocycles. The first-order chi connectivity index (χ1) is 15.7. The first kappa shape index (κ1) is 22.5. The predicted molar refractivity (Wildman–Crippen MR) is 123 cm³/mol. The third-order valence-corrected chi connectivity index (χ3v) is 6.50. The highest BCUT2D eigenvalue weighted by Crippen LogP contribution is 2.28. The highest BCUT2D eigenvalue weighted by Gasteiger charge is 2.27. The number of carboxylic acids is 1. The van der Waals surface area contributed by atoms with Crippen molar-refractivity contribution in [2.24, 2.45) is 5.92 Å². The summed E-state index contributed by atoms with van der Waals surface area (Å²) in [4.78, 5) is 15.6.